The lowest BCUT2D eigenvalue weighted by Gasteiger charge is -2.19. The molecule has 0 unspecified atom stereocenters. The van der Waals surface area contributed by atoms with E-state index in [0.717, 1.165) is 0 Å². The van der Waals surface area contributed by atoms with Crippen LogP contribution in [0, 0.1) is 0 Å². The number of fused-ring (bicyclic) bond motifs is 3. The van der Waals surface area contributed by atoms with Crippen LogP contribution in [0.25, 0.3) is 5.69 Å². The average Bonchev–Trinajstić information content (AvgIpc) is 3.03. The van der Waals surface area contributed by atoms with Crippen molar-refractivity contribution in [3.05, 3.63) is 60.4 Å². The van der Waals surface area contributed by atoms with Gasteiger partial charge in [-0.15, -0.1) is 0 Å². The van der Waals surface area contributed by atoms with E-state index >= 15 is 0 Å². The van der Waals surface area contributed by atoms with Gasteiger partial charge in [-0.05, 0) is 30.3 Å². The van der Waals surface area contributed by atoms with Crippen molar-refractivity contribution in [3.8, 4) is 5.69 Å². The van der Waals surface area contributed by atoms with Crippen molar-refractivity contribution in [3.63, 3.8) is 0 Å². The molecule has 120 valence electrons. The van der Waals surface area contributed by atoms with Gasteiger partial charge in [0.2, 0.25) is 5.95 Å². The molecule has 0 spiro atoms. The standard InChI is InChI=1S/C15H11N5O3S/c21-14(18-11-4-2-1-3-5-11)10-6-7-12-13(8-10)24(22,23)19-15-16-9-17-20(12)15/h1-9H,(H,18,21)(H,16,17,19). The lowest BCUT2D eigenvalue weighted by molar-refractivity contribution is 0.102. The predicted molar refractivity (Wildman–Crippen MR) is 86.6 cm³/mol. The zero-order valence-electron chi connectivity index (χ0n) is 12.2. The number of hydrogen-bond donors (Lipinski definition) is 2. The number of sulfonamides is 1. The van der Waals surface area contributed by atoms with Crippen LogP contribution in [0.1, 0.15) is 10.4 Å². The van der Waals surface area contributed by atoms with E-state index < -0.39 is 15.9 Å². The van der Waals surface area contributed by atoms with E-state index in [1.54, 1.807) is 30.3 Å². The Bertz CT molecular complexity index is 1040. The number of nitrogens with zero attached hydrogens (tertiary/aromatic N) is 3. The first-order valence-corrected chi connectivity index (χ1v) is 8.46. The maximum absolute atomic E-state index is 12.3. The van der Waals surface area contributed by atoms with Gasteiger partial charge in [-0.25, -0.2) is 13.1 Å². The maximum Gasteiger partial charge on any atom is 0.266 e. The first kappa shape index (κ1) is 14.4. The summed E-state index contributed by atoms with van der Waals surface area (Å²) in [5.74, 6) is -0.285. The number of carbonyl (C=O) groups excluding carboxylic acids is 1. The van der Waals surface area contributed by atoms with E-state index in [4.69, 9.17) is 0 Å². The SMILES string of the molecule is O=C(Nc1ccccc1)c1ccc2c(c1)S(=O)(=O)Nc1ncnn1-2. The molecule has 2 heterocycles. The molecule has 0 saturated heterocycles. The van der Waals surface area contributed by atoms with Crippen molar-refractivity contribution in [2.24, 2.45) is 0 Å². The van der Waals surface area contributed by atoms with Crippen LogP contribution in [0.3, 0.4) is 0 Å². The number of nitrogens with one attached hydrogen (secondary N) is 2. The highest BCUT2D eigenvalue weighted by atomic mass is 32.2. The second-order valence-corrected chi connectivity index (χ2v) is 6.75. The van der Waals surface area contributed by atoms with E-state index in [1.807, 2.05) is 6.07 Å². The van der Waals surface area contributed by atoms with Crippen LogP contribution in [0.4, 0.5) is 11.6 Å². The Morgan fingerprint density at radius 3 is 2.71 bits per heavy atom. The Balaban J connectivity index is 1.75. The summed E-state index contributed by atoms with van der Waals surface area (Å²) in [5.41, 5.74) is 1.20. The van der Waals surface area contributed by atoms with E-state index in [9.17, 15) is 13.2 Å². The van der Waals surface area contributed by atoms with Gasteiger partial charge in [-0.1, -0.05) is 18.2 Å². The van der Waals surface area contributed by atoms with Crippen molar-refractivity contribution in [2.45, 2.75) is 4.90 Å². The summed E-state index contributed by atoms with van der Waals surface area (Å²) in [6.07, 6.45) is 1.25. The normalized spacial score (nSPS) is 14.2. The Labute approximate surface area is 137 Å². The van der Waals surface area contributed by atoms with Gasteiger partial charge in [0.1, 0.15) is 11.2 Å². The molecule has 0 fully saturated rings. The van der Waals surface area contributed by atoms with Crippen LogP contribution in [0.15, 0.2) is 59.8 Å². The molecule has 2 N–H and O–H groups in total. The summed E-state index contributed by atoms with van der Waals surface area (Å²) >= 11 is 0. The highest BCUT2D eigenvalue weighted by molar-refractivity contribution is 7.93. The van der Waals surface area contributed by atoms with E-state index in [1.165, 1.54) is 23.1 Å². The predicted octanol–water partition coefficient (Wildman–Crippen LogP) is 1.63. The first-order valence-electron chi connectivity index (χ1n) is 6.98. The van der Waals surface area contributed by atoms with E-state index in [2.05, 4.69) is 20.1 Å². The molecule has 1 aromatic heterocycles. The Kier molecular flexibility index (Phi) is 3.10. The van der Waals surface area contributed by atoms with Crippen molar-refractivity contribution in [2.75, 3.05) is 10.0 Å². The summed E-state index contributed by atoms with van der Waals surface area (Å²) < 4.78 is 28.4. The minimum Gasteiger partial charge on any atom is -0.322 e. The number of hydrogen-bond acceptors (Lipinski definition) is 5. The maximum atomic E-state index is 12.3. The van der Waals surface area contributed by atoms with Crippen LogP contribution in [0.2, 0.25) is 0 Å². The van der Waals surface area contributed by atoms with Gasteiger partial charge in [0.25, 0.3) is 15.9 Å². The molecule has 24 heavy (non-hydrogen) atoms. The van der Waals surface area contributed by atoms with Crippen molar-refractivity contribution in [1.29, 1.82) is 0 Å². The Morgan fingerprint density at radius 1 is 1.12 bits per heavy atom. The number of rotatable bonds is 2. The van der Waals surface area contributed by atoms with Gasteiger partial charge in [-0.2, -0.15) is 14.8 Å². The number of aromatic nitrogens is 3. The zero-order chi connectivity index (χ0) is 16.7. The smallest absolute Gasteiger partial charge is 0.266 e. The van der Waals surface area contributed by atoms with Crippen LogP contribution in [-0.4, -0.2) is 29.1 Å². The highest BCUT2D eigenvalue weighted by Crippen LogP contribution is 2.29. The molecule has 0 atom stereocenters. The molecule has 1 aliphatic heterocycles. The topological polar surface area (TPSA) is 106 Å². The lowest BCUT2D eigenvalue weighted by Crippen LogP contribution is -2.24. The van der Waals surface area contributed by atoms with E-state index in [-0.39, 0.29) is 16.4 Å². The summed E-state index contributed by atoms with van der Waals surface area (Å²) in [6.45, 7) is 0. The summed E-state index contributed by atoms with van der Waals surface area (Å²) in [7, 11) is -3.81. The Hall–Kier alpha value is -3.20. The minimum atomic E-state index is -3.81. The third-order valence-corrected chi connectivity index (χ3v) is 4.90. The first-order chi connectivity index (χ1) is 11.5. The van der Waals surface area contributed by atoms with Crippen molar-refractivity contribution in [1.82, 2.24) is 14.8 Å². The second-order valence-electron chi connectivity index (χ2n) is 5.10. The monoisotopic (exact) mass is 341 g/mol. The van der Waals surface area contributed by atoms with Crippen molar-refractivity contribution >= 4 is 27.6 Å². The van der Waals surface area contributed by atoms with Crippen LogP contribution >= 0.6 is 0 Å². The largest absolute Gasteiger partial charge is 0.322 e. The second kappa shape index (κ2) is 5.17. The highest BCUT2D eigenvalue weighted by Gasteiger charge is 2.29. The van der Waals surface area contributed by atoms with Gasteiger partial charge in [0, 0.05) is 11.3 Å². The number of carbonyl (C=O) groups is 1. The van der Waals surface area contributed by atoms with Gasteiger partial charge in [0.15, 0.2) is 0 Å². The molecule has 3 aromatic rings. The van der Waals surface area contributed by atoms with Crippen LogP contribution in [0.5, 0.6) is 0 Å². The van der Waals surface area contributed by atoms with Crippen molar-refractivity contribution < 1.29 is 13.2 Å². The molecule has 8 nitrogen and oxygen atoms in total. The summed E-state index contributed by atoms with van der Waals surface area (Å²) in [4.78, 5) is 16.2. The Morgan fingerprint density at radius 2 is 1.92 bits per heavy atom. The average molecular weight is 341 g/mol. The molecule has 1 aliphatic rings. The quantitative estimate of drug-likeness (QED) is 0.737. The van der Waals surface area contributed by atoms with Gasteiger partial charge in [-0.3, -0.25) is 4.79 Å². The third kappa shape index (κ3) is 2.31. The van der Waals surface area contributed by atoms with E-state index in [0.29, 0.717) is 11.4 Å². The number of anilines is 2. The zero-order valence-corrected chi connectivity index (χ0v) is 13.0. The number of para-hydroxylation sites is 1. The summed E-state index contributed by atoms with van der Waals surface area (Å²) in [6, 6.07) is 13.3. The molecule has 0 bridgehead atoms. The minimum absolute atomic E-state index is 0.0267. The molecular weight excluding hydrogens is 330 g/mol. The molecule has 0 radical (unpaired) electrons. The van der Waals surface area contributed by atoms with Gasteiger partial charge in [0.05, 0.1) is 5.69 Å². The molecule has 0 aliphatic carbocycles. The van der Waals surface area contributed by atoms with Crippen LogP contribution < -0.4 is 10.0 Å². The number of amides is 1. The fourth-order valence-electron chi connectivity index (χ4n) is 2.43. The third-order valence-electron chi connectivity index (χ3n) is 3.54. The fourth-order valence-corrected chi connectivity index (χ4v) is 3.63. The fraction of sp³-hybridized carbons (Fsp3) is 0. The van der Waals surface area contributed by atoms with Gasteiger partial charge >= 0.3 is 0 Å². The lowest BCUT2D eigenvalue weighted by atomic mass is 10.2. The molecule has 4 rings (SSSR count). The summed E-state index contributed by atoms with van der Waals surface area (Å²) in [5, 5.41) is 6.70. The molecular formula is C15H11N5O3S. The van der Waals surface area contributed by atoms with Crippen LogP contribution in [-0.2, 0) is 10.0 Å². The molecule has 1 amide bonds. The molecule has 0 saturated carbocycles. The number of benzene rings is 2. The molecule has 2 aromatic carbocycles. The van der Waals surface area contributed by atoms with Gasteiger partial charge < -0.3 is 5.32 Å². The molecule has 9 heteroatoms.